The van der Waals surface area contributed by atoms with Gasteiger partial charge in [0.05, 0.1) is 16.7 Å². The van der Waals surface area contributed by atoms with Crippen LogP contribution in [0.5, 0.6) is 0 Å². The van der Waals surface area contributed by atoms with Crippen molar-refractivity contribution in [3.63, 3.8) is 0 Å². The number of carbonyl (C=O) groups excluding carboxylic acids is 1. The van der Waals surface area contributed by atoms with Gasteiger partial charge in [0.25, 0.3) is 0 Å². The lowest BCUT2D eigenvalue weighted by atomic mass is 9.93. The number of hydrogen-bond donors (Lipinski definition) is 0. The highest BCUT2D eigenvalue weighted by Gasteiger charge is 2.26. The Morgan fingerprint density at radius 3 is 3.00 bits per heavy atom. The van der Waals surface area contributed by atoms with Crippen molar-refractivity contribution in [2.45, 2.75) is 45.2 Å². The fourth-order valence-electron chi connectivity index (χ4n) is 2.28. The number of hydrogen-bond acceptors (Lipinski definition) is 4. The molecule has 1 fully saturated rings. The molecule has 1 aliphatic rings. The summed E-state index contributed by atoms with van der Waals surface area (Å²) in [5.74, 6) is 0.403. The molecule has 1 saturated carbocycles. The van der Waals surface area contributed by atoms with Crippen molar-refractivity contribution in [1.82, 2.24) is 9.88 Å². The van der Waals surface area contributed by atoms with Crippen LogP contribution in [0.2, 0.25) is 0 Å². The molecule has 0 bridgehead atoms. The van der Waals surface area contributed by atoms with E-state index in [1.807, 2.05) is 14.0 Å². The molecule has 16 heavy (non-hydrogen) atoms. The molecule has 1 aliphatic carbocycles. The van der Waals surface area contributed by atoms with E-state index >= 15 is 0 Å². The molecule has 0 aliphatic heterocycles. The van der Waals surface area contributed by atoms with Gasteiger partial charge in [0.1, 0.15) is 5.78 Å². The molecule has 3 nitrogen and oxygen atoms in total. The van der Waals surface area contributed by atoms with Gasteiger partial charge in [-0.15, -0.1) is 11.3 Å². The van der Waals surface area contributed by atoms with E-state index in [4.69, 9.17) is 0 Å². The van der Waals surface area contributed by atoms with E-state index in [-0.39, 0.29) is 6.04 Å². The maximum atomic E-state index is 11.8. The highest BCUT2D eigenvalue weighted by Crippen LogP contribution is 2.20. The zero-order chi connectivity index (χ0) is 11.5. The van der Waals surface area contributed by atoms with E-state index in [0.717, 1.165) is 36.5 Å². The highest BCUT2D eigenvalue weighted by atomic mass is 32.1. The normalized spacial score (nSPS) is 21.7. The van der Waals surface area contributed by atoms with E-state index in [9.17, 15) is 4.79 Å². The number of thiazole rings is 1. The molecule has 2 rings (SSSR count). The Labute approximate surface area is 100 Å². The van der Waals surface area contributed by atoms with Crippen molar-refractivity contribution in [2.24, 2.45) is 0 Å². The molecule has 1 heterocycles. The Morgan fingerprint density at radius 1 is 1.56 bits per heavy atom. The van der Waals surface area contributed by atoms with Crippen molar-refractivity contribution in [3.05, 3.63) is 16.1 Å². The quantitative estimate of drug-likeness (QED) is 0.810. The molecule has 0 aromatic carbocycles. The van der Waals surface area contributed by atoms with Gasteiger partial charge < -0.3 is 0 Å². The fraction of sp³-hybridized carbons (Fsp3) is 0.667. The second kappa shape index (κ2) is 5.06. The predicted molar refractivity (Wildman–Crippen MR) is 65.6 cm³/mol. The van der Waals surface area contributed by atoms with Crippen LogP contribution in [-0.2, 0) is 11.3 Å². The number of ketones is 1. The molecule has 1 unspecified atom stereocenters. The Bertz CT molecular complexity index is 375. The summed E-state index contributed by atoms with van der Waals surface area (Å²) in [6.45, 7) is 2.81. The van der Waals surface area contributed by atoms with E-state index in [1.165, 1.54) is 6.42 Å². The molecule has 0 amide bonds. The Kier molecular flexibility index (Phi) is 3.71. The summed E-state index contributed by atoms with van der Waals surface area (Å²) in [5.41, 5.74) is 1.09. The topological polar surface area (TPSA) is 33.2 Å². The first-order valence-electron chi connectivity index (χ1n) is 5.81. The average molecular weight is 238 g/mol. The van der Waals surface area contributed by atoms with Gasteiger partial charge in [0.2, 0.25) is 0 Å². The van der Waals surface area contributed by atoms with E-state index < -0.39 is 0 Å². The monoisotopic (exact) mass is 238 g/mol. The van der Waals surface area contributed by atoms with Crippen LogP contribution in [-0.4, -0.2) is 28.8 Å². The minimum Gasteiger partial charge on any atom is -0.298 e. The maximum Gasteiger partial charge on any atom is 0.149 e. The van der Waals surface area contributed by atoms with Crippen molar-refractivity contribution in [3.8, 4) is 0 Å². The predicted octanol–water partition coefficient (Wildman–Crippen LogP) is 2.40. The van der Waals surface area contributed by atoms with Crippen molar-refractivity contribution < 1.29 is 4.79 Å². The third-order valence-electron chi connectivity index (χ3n) is 3.13. The molecule has 1 atom stereocenters. The summed E-state index contributed by atoms with van der Waals surface area (Å²) in [6, 6.07) is 0.121. The summed E-state index contributed by atoms with van der Waals surface area (Å²) in [6.07, 6.45) is 4.01. The smallest absolute Gasteiger partial charge is 0.149 e. The lowest BCUT2D eigenvalue weighted by Gasteiger charge is -2.29. The summed E-state index contributed by atoms with van der Waals surface area (Å²) >= 11 is 1.67. The summed E-state index contributed by atoms with van der Waals surface area (Å²) in [4.78, 5) is 18.4. The van der Waals surface area contributed by atoms with Gasteiger partial charge in [0.15, 0.2) is 0 Å². The van der Waals surface area contributed by atoms with Crippen LogP contribution in [0.1, 0.15) is 36.4 Å². The maximum absolute atomic E-state index is 11.8. The van der Waals surface area contributed by atoms with Gasteiger partial charge in [0, 0.05) is 18.3 Å². The first kappa shape index (κ1) is 11.7. The molecule has 88 valence electrons. The summed E-state index contributed by atoms with van der Waals surface area (Å²) in [7, 11) is 2.03. The van der Waals surface area contributed by atoms with E-state index in [2.05, 4.69) is 15.3 Å². The number of aromatic nitrogens is 1. The fourth-order valence-corrected chi connectivity index (χ4v) is 2.88. The highest BCUT2D eigenvalue weighted by molar-refractivity contribution is 7.09. The molecular formula is C12H18N2OS. The standard InChI is InChI=1S/C12H18N2OS/c1-9-13-10(8-16-9)7-14(2)11-5-3-4-6-12(11)15/h8,11H,3-7H2,1-2H3. The van der Waals surface area contributed by atoms with Crippen LogP contribution in [0.25, 0.3) is 0 Å². The second-order valence-corrected chi connectivity index (χ2v) is 5.56. The Morgan fingerprint density at radius 2 is 2.38 bits per heavy atom. The lowest BCUT2D eigenvalue weighted by molar-refractivity contribution is -0.125. The molecule has 4 heteroatoms. The molecule has 0 spiro atoms. The van der Waals surface area contributed by atoms with Crippen LogP contribution in [0, 0.1) is 6.92 Å². The van der Waals surface area contributed by atoms with Gasteiger partial charge in [-0.2, -0.15) is 0 Å². The first-order chi connectivity index (χ1) is 7.66. The number of nitrogens with zero attached hydrogens (tertiary/aromatic N) is 2. The summed E-state index contributed by atoms with van der Waals surface area (Å²) in [5, 5.41) is 3.18. The Balaban J connectivity index is 1.96. The minimum atomic E-state index is 0.121. The number of aryl methyl sites for hydroxylation is 1. The Hall–Kier alpha value is -0.740. The molecule has 0 radical (unpaired) electrons. The number of likely N-dealkylation sites (N-methyl/N-ethyl adjacent to an activating group) is 1. The zero-order valence-electron chi connectivity index (χ0n) is 9.90. The zero-order valence-corrected chi connectivity index (χ0v) is 10.7. The van der Waals surface area contributed by atoms with Crippen LogP contribution >= 0.6 is 11.3 Å². The largest absolute Gasteiger partial charge is 0.298 e. The van der Waals surface area contributed by atoms with E-state index in [0.29, 0.717) is 5.78 Å². The summed E-state index contributed by atoms with van der Waals surface area (Å²) < 4.78 is 0. The van der Waals surface area contributed by atoms with Crippen molar-refractivity contribution in [2.75, 3.05) is 7.05 Å². The molecule has 0 N–H and O–H groups in total. The van der Waals surface area contributed by atoms with Crippen molar-refractivity contribution in [1.29, 1.82) is 0 Å². The van der Waals surface area contributed by atoms with E-state index in [1.54, 1.807) is 11.3 Å². The second-order valence-electron chi connectivity index (χ2n) is 4.50. The SMILES string of the molecule is Cc1nc(CN(C)C2CCCCC2=O)cs1. The van der Waals surface area contributed by atoms with Crippen LogP contribution < -0.4 is 0 Å². The lowest BCUT2D eigenvalue weighted by Crippen LogP contribution is -2.40. The van der Waals surface area contributed by atoms with Crippen LogP contribution in [0.15, 0.2) is 5.38 Å². The molecular weight excluding hydrogens is 220 g/mol. The van der Waals surface area contributed by atoms with Gasteiger partial charge in [-0.05, 0) is 26.8 Å². The number of carbonyl (C=O) groups is 1. The molecule has 1 aromatic heterocycles. The van der Waals surface area contributed by atoms with Crippen LogP contribution in [0.4, 0.5) is 0 Å². The number of Topliss-reactive ketones (excluding diaryl/α,β-unsaturated/α-hetero) is 1. The van der Waals surface area contributed by atoms with Crippen LogP contribution in [0.3, 0.4) is 0 Å². The van der Waals surface area contributed by atoms with Gasteiger partial charge in [-0.25, -0.2) is 4.98 Å². The third-order valence-corrected chi connectivity index (χ3v) is 3.95. The average Bonchev–Trinajstić information content (AvgIpc) is 2.64. The molecule has 1 aromatic rings. The molecule has 0 saturated heterocycles. The third kappa shape index (κ3) is 2.68. The van der Waals surface area contributed by atoms with Gasteiger partial charge >= 0.3 is 0 Å². The number of rotatable bonds is 3. The minimum absolute atomic E-state index is 0.121. The first-order valence-corrected chi connectivity index (χ1v) is 6.69. The van der Waals surface area contributed by atoms with Crippen molar-refractivity contribution >= 4 is 17.1 Å². The van der Waals surface area contributed by atoms with Gasteiger partial charge in [-0.1, -0.05) is 6.42 Å². The van der Waals surface area contributed by atoms with Gasteiger partial charge in [-0.3, -0.25) is 9.69 Å².